The SMILES string of the molecule is Cc1ncc(F)cc1S. The van der Waals surface area contributed by atoms with Crippen molar-refractivity contribution in [3.63, 3.8) is 0 Å². The molecule has 0 amide bonds. The van der Waals surface area contributed by atoms with E-state index in [2.05, 4.69) is 17.6 Å². The lowest BCUT2D eigenvalue weighted by molar-refractivity contribution is 0.615. The van der Waals surface area contributed by atoms with Gasteiger partial charge in [0.05, 0.1) is 11.9 Å². The molecule has 1 rings (SSSR count). The van der Waals surface area contributed by atoms with E-state index < -0.39 is 0 Å². The summed E-state index contributed by atoms with van der Waals surface area (Å²) in [5.74, 6) is -0.342. The maximum Gasteiger partial charge on any atom is 0.142 e. The Morgan fingerprint density at radius 2 is 2.33 bits per heavy atom. The van der Waals surface area contributed by atoms with E-state index in [4.69, 9.17) is 0 Å². The van der Waals surface area contributed by atoms with Crippen molar-refractivity contribution in [1.82, 2.24) is 4.98 Å². The first-order valence-corrected chi connectivity index (χ1v) is 2.96. The summed E-state index contributed by atoms with van der Waals surface area (Å²) in [4.78, 5) is 4.32. The van der Waals surface area contributed by atoms with Crippen molar-refractivity contribution in [2.24, 2.45) is 0 Å². The molecule has 0 aliphatic carbocycles. The molecule has 0 unspecified atom stereocenters. The van der Waals surface area contributed by atoms with E-state index in [9.17, 15) is 4.39 Å². The van der Waals surface area contributed by atoms with Gasteiger partial charge in [0, 0.05) is 4.90 Å². The van der Waals surface area contributed by atoms with E-state index >= 15 is 0 Å². The van der Waals surface area contributed by atoms with Crippen LogP contribution in [0.15, 0.2) is 17.2 Å². The predicted molar refractivity (Wildman–Crippen MR) is 36.2 cm³/mol. The number of nitrogens with zero attached hydrogens (tertiary/aromatic N) is 1. The maximum absolute atomic E-state index is 12.2. The van der Waals surface area contributed by atoms with Crippen LogP contribution in [0.3, 0.4) is 0 Å². The van der Waals surface area contributed by atoms with Gasteiger partial charge in [0.1, 0.15) is 5.82 Å². The third kappa shape index (κ3) is 1.42. The number of hydrogen-bond acceptors (Lipinski definition) is 2. The van der Waals surface area contributed by atoms with Crippen LogP contribution in [-0.2, 0) is 0 Å². The summed E-state index contributed by atoms with van der Waals surface area (Å²) in [6, 6.07) is 1.34. The van der Waals surface area contributed by atoms with Gasteiger partial charge in [-0.1, -0.05) is 0 Å². The van der Waals surface area contributed by atoms with E-state index in [1.54, 1.807) is 6.92 Å². The molecule has 1 aromatic rings. The number of aryl methyl sites for hydroxylation is 1. The third-order valence-electron chi connectivity index (χ3n) is 1.03. The molecular formula is C6H6FNS. The molecule has 0 N–H and O–H groups in total. The van der Waals surface area contributed by atoms with E-state index in [1.165, 1.54) is 12.3 Å². The molecule has 0 fully saturated rings. The van der Waals surface area contributed by atoms with Gasteiger partial charge in [-0.2, -0.15) is 0 Å². The molecule has 48 valence electrons. The Kier molecular flexibility index (Phi) is 1.71. The molecular weight excluding hydrogens is 137 g/mol. The van der Waals surface area contributed by atoms with Gasteiger partial charge < -0.3 is 0 Å². The molecule has 0 saturated carbocycles. The van der Waals surface area contributed by atoms with Crippen LogP contribution in [0.1, 0.15) is 5.69 Å². The average molecular weight is 143 g/mol. The summed E-state index contributed by atoms with van der Waals surface area (Å²) in [7, 11) is 0. The van der Waals surface area contributed by atoms with Crippen LogP contribution in [0.5, 0.6) is 0 Å². The predicted octanol–water partition coefficient (Wildman–Crippen LogP) is 1.82. The third-order valence-corrected chi connectivity index (χ3v) is 1.48. The minimum absolute atomic E-state index is 0.342. The van der Waals surface area contributed by atoms with Gasteiger partial charge in [0.2, 0.25) is 0 Å². The Morgan fingerprint density at radius 3 is 2.78 bits per heavy atom. The number of hydrogen-bond donors (Lipinski definition) is 1. The number of aromatic nitrogens is 1. The molecule has 0 bridgehead atoms. The van der Waals surface area contributed by atoms with E-state index in [0.29, 0.717) is 4.90 Å². The Bertz CT molecular complexity index is 224. The van der Waals surface area contributed by atoms with Crippen LogP contribution in [-0.4, -0.2) is 4.98 Å². The topological polar surface area (TPSA) is 12.9 Å². The summed E-state index contributed by atoms with van der Waals surface area (Å²) < 4.78 is 12.2. The molecule has 1 nitrogen and oxygen atoms in total. The van der Waals surface area contributed by atoms with Crippen LogP contribution in [0.2, 0.25) is 0 Å². The van der Waals surface area contributed by atoms with E-state index in [0.717, 1.165) is 5.69 Å². The molecule has 0 aliphatic rings. The van der Waals surface area contributed by atoms with Gasteiger partial charge in [-0.15, -0.1) is 12.6 Å². The molecule has 0 atom stereocenters. The Labute approximate surface area is 58.3 Å². The first kappa shape index (κ1) is 6.55. The highest BCUT2D eigenvalue weighted by atomic mass is 32.1. The lowest BCUT2D eigenvalue weighted by atomic mass is 10.4. The Balaban J connectivity index is 3.17. The first-order valence-electron chi connectivity index (χ1n) is 2.51. The van der Waals surface area contributed by atoms with Crippen LogP contribution < -0.4 is 0 Å². The fourth-order valence-corrected chi connectivity index (χ4v) is 0.678. The molecule has 3 heteroatoms. The monoisotopic (exact) mass is 143 g/mol. The second-order valence-electron chi connectivity index (χ2n) is 1.76. The molecule has 1 aromatic heterocycles. The lowest BCUT2D eigenvalue weighted by Gasteiger charge is -1.94. The summed E-state index contributed by atoms with van der Waals surface area (Å²) in [6.45, 7) is 1.78. The van der Waals surface area contributed by atoms with Crippen LogP contribution >= 0.6 is 12.6 Å². The minimum atomic E-state index is -0.342. The van der Waals surface area contributed by atoms with Gasteiger partial charge in [0.15, 0.2) is 0 Å². The van der Waals surface area contributed by atoms with Gasteiger partial charge in [-0.25, -0.2) is 4.39 Å². The second-order valence-corrected chi connectivity index (χ2v) is 2.24. The fraction of sp³-hybridized carbons (Fsp3) is 0.167. The fourth-order valence-electron chi connectivity index (χ4n) is 0.497. The average Bonchev–Trinajstić information content (AvgIpc) is 1.80. The standard InChI is InChI=1S/C6H6FNS/c1-4-6(9)2-5(7)3-8-4/h2-3,9H,1H3. The quantitative estimate of drug-likeness (QED) is 0.546. The summed E-state index contributed by atoms with van der Waals surface area (Å²) in [5, 5.41) is 0. The molecule has 0 radical (unpaired) electrons. The molecule has 0 spiro atoms. The minimum Gasteiger partial charge on any atom is -0.257 e. The molecule has 1 heterocycles. The highest BCUT2D eigenvalue weighted by molar-refractivity contribution is 7.80. The van der Waals surface area contributed by atoms with Gasteiger partial charge in [0.25, 0.3) is 0 Å². The van der Waals surface area contributed by atoms with Crippen molar-refractivity contribution < 1.29 is 4.39 Å². The Hall–Kier alpha value is -0.570. The summed E-state index contributed by atoms with van der Waals surface area (Å²) in [5.41, 5.74) is 0.750. The van der Waals surface area contributed by atoms with Crippen LogP contribution in [0.4, 0.5) is 4.39 Å². The molecule has 9 heavy (non-hydrogen) atoms. The summed E-state index contributed by atoms with van der Waals surface area (Å²) >= 11 is 3.97. The second kappa shape index (κ2) is 2.35. The number of halogens is 1. The maximum atomic E-state index is 12.2. The lowest BCUT2D eigenvalue weighted by Crippen LogP contribution is -1.83. The highest BCUT2D eigenvalue weighted by Crippen LogP contribution is 2.09. The van der Waals surface area contributed by atoms with E-state index in [-0.39, 0.29) is 5.82 Å². The van der Waals surface area contributed by atoms with Crippen molar-refractivity contribution in [2.75, 3.05) is 0 Å². The van der Waals surface area contributed by atoms with Crippen LogP contribution in [0.25, 0.3) is 0 Å². The molecule has 0 saturated heterocycles. The molecule has 0 aromatic carbocycles. The van der Waals surface area contributed by atoms with Crippen LogP contribution in [0, 0.1) is 12.7 Å². The van der Waals surface area contributed by atoms with Crippen molar-refractivity contribution in [2.45, 2.75) is 11.8 Å². The zero-order valence-corrected chi connectivity index (χ0v) is 5.82. The van der Waals surface area contributed by atoms with Crippen molar-refractivity contribution >= 4 is 12.6 Å². The largest absolute Gasteiger partial charge is 0.257 e. The zero-order valence-electron chi connectivity index (χ0n) is 4.93. The van der Waals surface area contributed by atoms with Gasteiger partial charge in [-0.3, -0.25) is 4.98 Å². The van der Waals surface area contributed by atoms with Crippen molar-refractivity contribution in [3.8, 4) is 0 Å². The number of pyridine rings is 1. The van der Waals surface area contributed by atoms with Gasteiger partial charge in [-0.05, 0) is 13.0 Å². The van der Waals surface area contributed by atoms with E-state index in [1.807, 2.05) is 0 Å². The Morgan fingerprint density at radius 1 is 1.67 bits per heavy atom. The summed E-state index contributed by atoms with van der Waals surface area (Å²) in [6.07, 6.45) is 1.18. The zero-order chi connectivity index (χ0) is 6.85. The number of rotatable bonds is 0. The van der Waals surface area contributed by atoms with Crippen molar-refractivity contribution in [3.05, 3.63) is 23.8 Å². The van der Waals surface area contributed by atoms with Crippen molar-refractivity contribution in [1.29, 1.82) is 0 Å². The van der Waals surface area contributed by atoms with Gasteiger partial charge >= 0.3 is 0 Å². The highest BCUT2D eigenvalue weighted by Gasteiger charge is 1.94. The number of thiol groups is 1. The smallest absolute Gasteiger partial charge is 0.142 e. The normalized spacial score (nSPS) is 9.67. The first-order chi connectivity index (χ1) is 4.20. The molecule has 0 aliphatic heterocycles.